The number of piperazine rings is 1. The molecule has 1 aliphatic rings. The first-order chi connectivity index (χ1) is 9.75. The van der Waals surface area contributed by atoms with Gasteiger partial charge in [-0.15, -0.1) is 11.3 Å². The van der Waals surface area contributed by atoms with Crippen LogP contribution in [0.25, 0.3) is 10.6 Å². The van der Waals surface area contributed by atoms with Crippen molar-refractivity contribution in [3.8, 4) is 10.6 Å². The number of hydrogen-bond acceptors (Lipinski definition) is 5. The van der Waals surface area contributed by atoms with Gasteiger partial charge >= 0.3 is 0 Å². The predicted octanol–water partition coefficient (Wildman–Crippen LogP) is 2.48. The molecule has 1 atom stereocenters. The Bertz CT molecular complexity index is 561. The van der Waals surface area contributed by atoms with E-state index >= 15 is 0 Å². The van der Waals surface area contributed by atoms with Gasteiger partial charge in [0.05, 0.1) is 5.69 Å². The third-order valence-electron chi connectivity index (χ3n) is 3.82. The van der Waals surface area contributed by atoms with Gasteiger partial charge in [-0.05, 0) is 26.0 Å². The van der Waals surface area contributed by atoms with E-state index in [1.807, 2.05) is 12.3 Å². The average molecular weight is 288 g/mol. The molecule has 4 nitrogen and oxygen atoms in total. The van der Waals surface area contributed by atoms with Crippen LogP contribution in [0.1, 0.15) is 23.5 Å². The molecule has 0 radical (unpaired) electrons. The quantitative estimate of drug-likeness (QED) is 0.942. The lowest BCUT2D eigenvalue weighted by molar-refractivity contribution is 0.187. The third kappa shape index (κ3) is 2.75. The van der Waals surface area contributed by atoms with Gasteiger partial charge in [0.25, 0.3) is 0 Å². The summed E-state index contributed by atoms with van der Waals surface area (Å²) in [6.07, 6.45) is 3.69. The Balaban J connectivity index is 1.85. The summed E-state index contributed by atoms with van der Waals surface area (Å²) < 4.78 is 0. The van der Waals surface area contributed by atoms with Crippen LogP contribution in [0.2, 0.25) is 0 Å². The standard InChI is InChI=1S/C15H20N4S/c1-11-14(12(2)19-8-6-16-7-9-19)20-15(18-11)13-4-3-5-17-10-13/h3-5,10,12,16H,6-9H2,1-2H3. The topological polar surface area (TPSA) is 41.1 Å². The molecular formula is C15H20N4S. The zero-order chi connectivity index (χ0) is 13.9. The lowest BCUT2D eigenvalue weighted by Gasteiger charge is -2.32. The summed E-state index contributed by atoms with van der Waals surface area (Å²) in [5.74, 6) is 0. The van der Waals surface area contributed by atoms with E-state index in [9.17, 15) is 0 Å². The zero-order valence-corrected chi connectivity index (χ0v) is 12.8. The molecule has 0 amide bonds. The average Bonchev–Trinajstić information content (AvgIpc) is 2.90. The summed E-state index contributed by atoms with van der Waals surface area (Å²) in [5, 5.41) is 4.48. The SMILES string of the molecule is Cc1nc(-c2cccnc2)sc1C(C)N1CCNCC1. The fraction of sp³-hybridized carbons (Fsp3) is 0.467. The van der Waals surface area contributed by atoms with Crippen LogP contribution in [-0.2, 0) is 0 Å². The molecule has 3 rings (SSSR count). The highest BCUT2D eigenvalue weighted by atomic mass is 32.1. The molecule has 1 N–H and O–H groups in total. The van der Waals surface area contributed by atoms with Gasteiger partial charge in [0.1, 0.15) is 5.01 Å². The summed E-state index contributed by atoms with van der Waals surface area (Å²) in [6.45, 7) is 8.79. The van der Waals surface area contributed by atoms with E-state index in [4.69, 9.17) is 4.98 Å². The van der Waals surface area contributed by atoms with Gasteiger partial charge in [-0.1, -0.05) is 0 Å². The molecule has 3 heterocycles. The molecule has 1 unspecified atom stereocenters. The first kappa shape index (κ1) is 13.7. The van der Waals surface area contributed by atoms with Crippen LogP contribution in [0.5, 0.6) is 0 Å². The Hall–Kier alpha value is -1.30. The molecular weight excluding hydrogens is 268 g/mol. The molecule has 1 aliphatic heterocycles. The first-order valence-corrected chi connectivity index (χ1v) is 7.90. The van der Waals surface area contributed by atoms with Crippen LogP contribution in [0, 0.1) is 6.92 Å². The van der Waals surface area contributed by atoms with E-state index in [2.05, 4.69) is 35.1 Å². The summed E-state index contributed by atoms with van der Waals surface area (Å²) in [6, 6.07) is 4.48. The van der Waals surface area contributed by atoms with E-state index in [1.54, 1.807) is 17.5 Å². The first-order valence-electron chi connectivity index (χ1n) is 7.08. The van der Waals surface area contributed by atoms with Crippen molar-refractivity contribution in [1.29, 1.82) is 0 Å². The van der Waals surface area contributed by atoms with E-state index in [0.29, 0.717) is 6.04 Å². The largest absolute Gasteiger partial charge is 0.314 e. The van der Waals surface area contributed by atoms with Gasteiger partial charge in [0.2, 0.25) is 0 Å². The maximum Gasteiger partial charge on any atom is 0.125 e. The Labute approximate surface area is 123 Å². The minimum absolute atomic E-state index is 0.444. The number of aromatic nitrogens is 2. The van der Waals surface area contributed by atoms with Gasteiger partial charge in [-0.25, -0.2) is 4.98 Å². The van der Waals surface area contributed by atoms with Crippen molar-refractivity contribution in [3.05, 3.63) is 35.1 Å². The number of aryl methyl sites for hydroxylation is 1. The van der Waals surface area contributed by atoms with Gasteiger partial charge in [-0.3, -0.25) is 9.88 Å². The van der Waals surface area contributed by atoms with Crippen molar-refractivity contribution in [3.63, 3.8) is 0 Å². The summed E-state index contributed by atoms with van der Waals surface area (Å²) in [5.41, 5.74) is 2.26. The Morgan fingerprint density at radius 1 is 1.35 bits per heavy atom. The number of thiazole rings is 1. The fourth-order valence-electron chi connectivity index (χ4n) is 2.64. The van der Waals surface area contributed by atoms with Gasteiger partial charge < -0.3 is 5.32 Å². The highest BCUT2D eigenvalue weighted by Gasteiger charge is 2.22. The normalized spacial score (nSPS) is 18.1. The summed E-state index contributed by atoms with van der Waals surface area (Å²) >= 11 is 1.80. The maximum atomic E-state index is 4.73. The van der Waals surface area contributed by atoms with Crippen LogP contribution < -0.4 is 5.32 Å². The highest BCUT2D eigenvalue weighted by molar-refractivity contribution is 7.15. The smallest absolute Gasteiger partial charge is 0.125 e. The minimum Gasteiger partial charge on any atom is -0.314 e. The van der Waals surface area contributed by atoms with E-state index in [-0.39, 0.29) is 0 Å². The maximum absolute atomic E-state index is 4.73. The number of nitrogens with zero attached hydrogens (tertiary/aromatic N) is 3. The summed E-state index contributed by atoms with van der Waals surface area (Å²) in [7, 11) is 0. The molecule has 1 saturated heterocycles. The second-order valence-corrected chi connectivity index (χ2v) is 6.20. The van der Waals surface area contributed by atoms with Gasteiger partial charge in [0, 0.05) is 55.1 Å². The van der Waals surface area contributed by atoms with Crippen LogP contribution in [0.15, 0.2) is 24.5 Å². The molecule has 2 aromatic heterocycles. The molecule has 0 bridgehead atoms. The van der Waals surface area contributed by atoms with E-state index in [1.165, 1.54) is 4.88 Å². The van der Waals surface area contributed by atoms with E-state index in [0.717, 1.165) is 42.4 Å². The number of rotatable bonds is 3. The molecule has 0 aliphatic carbocycles. The van der Waals surface area contributed by atoms with Crippen molar-refractivity contribution < 1.29 is 0 Å². The van der Waals surface area contributed by atoms with Gasteiger partial charge in [0.15, 0.2) is 0 Å². The number of pyridine rings is 1. The Morgan fingerprint density at radius 2 is 2.15 bits per heavy atom. The van der Waals surface area contributed by atoms with Crippen LogP contribution >= 0.6 is 11.3 Å². The third-order valence-corrected chi connectivity index (χ3v) is 5.20. The fourth-order valence-corrected chi connectivity index (χ4v) is 3.79. The lowest BCUT2D eigenvalue weighted by atomic mass is 10.2. The Kier molecular flexibility index (Phi) is 4.10. The van der Waals surface area contributed by atoms with Crippen LogP contribution in [0.4, 0.5) is 0 Å². The van der Waals surface area contributed by atoms with E-state index < -0.39 is 0 Å². The molecule has 0 aromatic carbocycles. The molecule has 2 aromatic rings. The van der Waals surface area contributed by atoms with Crippen molar-refractivity contribution in [1.82, 2.24) is 20.2 Å². The monoisotopic (exact) mass is 288 g/mol. The second-order valence-electron chi connectivity index (χ2n) is 5.17. The molecule has 106 valence electrons. The lowest BCUT2D eigenvalue weighted by Crippen LogP contribution is -2.44. The minimum atomic E-state index is 0.444. The molecule has 5 heteroatoms. The highest BCUT2D eigenvalue weighted by Crippen LogP contribution is 2.33. The predicted molar refractivity (Wildman–Crippen MR) is 82.9 cm³/mol. The van der Waals surface area contributed by atoms with Crippen molar-refractivity contribution in [2.45, 2.75) is 19.9 Å². The van der Waals surface area contributed by atoms with Crippen molar-refractivity contribution in [2.24, 2.45) is 0 Å². The Morgan fingerprint density at radius 3 is 2.85 bits per heavy atom. The molecule has 0 saturated carbocycles. The molecule has 0 spiro atoms. The van der Waals surface area contributed by atoms with Crippen molar-refractivity contribution >= 4 is 11.3 Å². The van der Waals surface area contributed by atoms with Gasteiger partial charge in [-0.2, -0.15) is 0 Å². The number of nitrogens with one attached hydrogen (secondary N) is 1. The molecule has 20 heavy (non-hydrogen) atoms. The van der Waals surface area contributed by atoms with Crippen LogP contribution in [0.3, 0.4) is 0 Å². The van der Waals surface area contributed by atoms with Crippen LogP contribution in [-0.4, -0.2) is 41.0 Å². The summed E-state index contributed by atoms with van der Waals surface area (Å²) in [4.78, 5) is 12.8. The molecule has 1 fully saturated rings. The number of hydrogen-bond donors (Lipinski definition) is 1. The second kappa shape index (κ2) is 5.99. The zero-order valence-electron chi connectivity index (χ0n) is 12.0. The van der Waals surface area contributed by atoms with Crippen molar-refractivity contribution in [2.75, 3.05) is 26.2 Å².